The molecule has 0 aromatic heterocycles. The van der Waals surface area contributed by atoms with Gasteiger partial charge in [0.1, 0.15) is 11.6 Å². The first-order valence-corrected chi connectivity index (χ1v) is 6.49. The van der Waals surface area contributed by atoms with E-state index in [1.165, 1.54) is 12.1 Å². The zero-order chi connectivity index (χ0) is 14.7. The fourth-order valence-corrected chi connectivity index (χ4v) is 2.28. The van der Waals surface area contributed by atoms with E-state index in [9.17, 15) is 8.78 Å². The van der Waals surface area contributed by atoms with Gasteiger partial charge in [0.25, 0.3) is 0 Å². The molecule has 1 unspecified atom stereocenters. The van der Waals surface area contributed by atoms with Crippen LogP contribution in [-0.2, 0) is 6.54 Å². The van der Waals surface area contributed by atoms with E-state index >= 15 is 0 Å². The molecule has 0 bridgehead atoms. The van der Waals surface area contributed by atoms with Crippen LogP contribution < -0.4 is 10.6 Å². The molecule has 0 amide bonds. The molecule has 0 aliphatic heterocycles. The van der Waals surface area contributed by atoms with Crippen molar-refractivity contribution in [2.75, 3.05) is 11.9 Å². The normalized spacial score (nSPS) is 12.2. The number of halogens is 2. The lowest BCUT2D eigenvalue weighted by molar-refractivity contribution is 0.590. The second kappa shape index (κ2) is 6.01. The van der Waals surface area contributed by atoms with Crippen LogP contribution in [0.5, 0.6) is 0 Å². The van der Waals surface area contributed by atoms with Crippen LogP contribution in [-0.4, -0.2) is 7.05 Å². The third-order valence-electron chi connectivity index (χ3n) is 3.26. The van der Waals surface area contributed by atoms with Gasteiger partial charge >= 0.3 is 0 Å². The van der Waals surface area contributed by atoms with Crippen LogP contribution in [0.2, 0.25) is 0 Å². The van der Waals surface area contributed by atoms with Crippen molar-refractivity contribution in [1.82, 2.24) is 0 Å². The van der Waals surface area contributed by atoms with Gasteiger partial charge in [-0.25, -0.2) is 8.78 Å². The van der Waals surface area contributed by atoms with Crippen molar-refractivity contribution in [3.05, 3.63) is 65.2 Å². The lowest BCUT2D eigenvalue weighted by atomic mass is 10.0. The highest BCUT2D eigenvalue weighted by molar-refractivity contribution is 5.55. The molecule has 0 aliphatic rings. The highest BCUT2D eigenvalue weighted by atomic mass is 19.1. The molecule has 0 heterocycles. The van der Waals surface area contributed by atoms with Gasteiger partial charge in [0.05, 0.1) is 0 Å². The minimum absolute atomic E-state index is 0.266. The zero-order valence-corrected chi connectivity index (χ0v) is 11.6. The minimum Gasteiger partial charge on any atom is -0.370 e. The van der Waals surface area contributed by atoms with E-state index in [1.54, 1.807) is 49.2 Å². The van der Waals surface area contributed by atoms with Crippen molar-refractivity contribution in [1.29, 1.82) is 0 Å². The number of benzene rings is 2. The van der Waals surface area contributed by atoms with Crippen molar-refractivity contribution in [2.45, 2.75) is 19.5 Å². The molecule has 0 aliphatic carbocycles. The fraction of sp³-hybridized carbons (Fsp3) is 0.250. The zero-order valence-electron chi connectivity index (χ0n) is 11.6. The molecule has 0 fully saturated rings. The van der Waals surface area contributed by atoms with Crippen LogP contribution in [0, 0.1) is 11.6 Å². The van der Waals surface area contributed by atoms with Gasteiger partial charge in [-0.05, 0) is 25.1 Å². The SMILES string of the molecule is CC(N)c1c(F)cccc1N(C)Cc1ccccc1F. The van der Waals surface area contributed by atoms with Crippen LogP contribution >= 0.6 is 0 Å². The van der Waals surface area contributed by atoms with Crippen LogP contribution in [0.4, 0.5) is 14.5 Å². The second-order valence-electron chi connectivity index (χ2n) is 4.91. The van der Waals surface area contributed by atoms with Crippen molar-refractivity contribution in [3.63, 3.8) is 0 Å². The molecule has 20 heavy (non-hydrogen) atoms. The summed E-state index contributed by atoms with van der Waals surface area (Å²) < 4.78 is 27.6. The maximum Gasteiger partial charge on any atom is 0.130 e. The molecule has 106 valence electrons. The van der Waals surface area contributed by atoms with E-state index in [0.717, 1.165) is 0 Å². The summed E-state index contributed by atoms with van der Waals surface area (Å²) in [6.45, 7) is 2.09. The summed E-state index contributed by atoms with van der Waals surface area (Å²) in [4.78, 5) is 1.81. The smallest absolute Gasteiger partial charge is 0.130 e. The lowest BCUT2D eigenvalue weighted by Gasteiger charge is -2.24. The number of nitrogens with two attached hydrogens (primary N) is 1. The fourth-order valence-electron chi connectivity index (χ4n) is 2.28. The van der Waals surface area contributed by atoms with E-state index in [4.69, 9.17) is 5.73 Å². The molecule has 0 saturated carbocycles. The largest absolute Gasteiger partial charge is 0.370 e. The highest BCUT2D eigenvalue weighted by Crippen LogP contribution is 2.28. The quantitative estimate of drug-likeness (QED) is 0.924. The van der Waals surface area contributed by atoms with Crippen LogP contribution in [0.3, 0.4) is 0 Å². The van der Waals surface area contributed by atoms with Gasteiger partial charge in [-0.1, -0.05) is 24.3 Å². The maximum atomic E-state index is 13.9. The Morgan fingerprint density at radius 2 is 1.70 bits per heavy atom. The third kappa shape index (κ3) is 2.96. The molecule has 4 heteroatoms. The Morgan fingerprint density at radius 1 is 1.05 bits per heavy atom. The summed E-state index contributed by atoms with van der Waals surface area (Å²) in [5.41, 5.74) is 7.53. The predicted octanol–water partition coefficient (Wildman–Crippen LogP) is 3.62. The Balaban J connectivity index is 2.33. The molecule has 2 N–H and O–H groups in total. The third-order valence-corrected chi connectivity index (χ3v) is 3.26. The molecule has 2 aromatic carbocycles. The monoisotopic (exact) mass is 276 g/mol. The molecule has 0 spiro atoms. The van der Waals surface area contributed by atoms with Gasteiger partial charge in [-0.2, -0.15) is 0 Å². The maximum absolute atomic E-state index is 13.9. The van der Waals surface area contributed by atoms with E-state index < -0.39 is 6.04 Å². The second-order valence-corrected chi connectivity index (χ2v) is 4.91. The predicted molar refractivity (Wildman–Crippen MR) is 77.5 cm³/mol. The summed E-state index contributed by atoms with van der Waals surface area (Å²) >= 11 is 0. The molecular formula is C16H18F2N2. The van der Waals surface area contributed by atoms with Crippen molar-refractivity contribution >= 4 is 5.69 Å². The molecule has 0 saturated heterocycles. The highest BCUT2D eigenvalue weighted by Gasteiger charge is 2.16. The lowest BCUT2D eigenvalue weighted by Crippen LogP contribution is -2.21. The first kappa shape index (κ1) is 14.5. The van der Waals surface area contributed by atoms with Crippen molar-refractivity contribution in [2.24, 2.45) is 5.73 Å². The van der Waals surface area contributed by atoms with Crippen molar-refractivity contribution in [3.8, 4) is 0 Å². The summed E-state index contributed by atoms with van der Waals surface area (Å²) in [6.07, 6.45) is 0. The van der Waals surface area contributed by atoms with Crippen molar-refractivity contribution < 1.29 is 8.78 Å². The summed E-state index contributed by atoms with van der Waals surface area (Å²) in [6, 6.07) is 11.0. The average Bonchev–Trinajstić information content (AvgIpc) is 2.40. The molecule has 1 atom stereocenters. The van der Waals surface area contributed by atoms with E-state index in [1.807, 2.05) is 0 Å². The summed E-state index contributed by atoms with van der Waals surface area (Å²) in [5.74, 6) is -0.601. The van der Waals surface area contributed by atoms with E-state index in [0.29, 0.717) is 23.4 Å². The van der Waals surface area contributed by atoms with Gasteiger partial charge in [-0.3, -0.25) is 0 Å². The number of nitrogens with zero attached hydrogens (tertiary/aromatic N) is 1. The standard InChI is InChI=1S/C16H18F2N2/c1-11(19)16-14(18)8-5-9-15(16)20(2)10-12-6-3-4-7-13(12)17/h3-9,11H,10,19H2,1-2H3. The van der Waals surface area contributed by atoms with Gasteiger partial charge in [-0.15, -0.1) is 0 Å². The van der Waals surface area contributed by atoms with Gasteiger partial charge in [0, 0.05) is 36.4 Å². The summed E-state index contributed by atoms with van der Waals surface area (Å²) in [5, 5.41) is 0. The molecule has 2 rings (SSSR count). The van der Waals surface area contributed by atoms with E-state index in [-0.39, 0.29) is 11.6 Å². The Kier molecular flexibility index (Phi) is 4.35. The average molecular weight is 276 g/mol. The molecule has 2 aromatic rings. The van der Waals surface area contributed by atoms with E-state index in [2.05, 4.69) is 0 Å². The number of anilines is 1. The first-order chi connectivity index (χ1) is 9.50. The Labute approximate surface area is 117 Å². The Morgan fingerprint density at radius 3 is 2.35 bits per heavy atom. The number of hydrogen-bond donors (Lipinski definition) is 1. The molecule has 2 nitrogen and oxygen atoms in total. The molecule has 0 radical (unpaired) electrons. The van der Waals surface area contributed by atoms with Crippen LogP contribution in [0.25, 0.3) is 0 Å². The molecular weight excluding hydrogens is 258 g/mol. The minimum atomic E-state index is -0.422. The van der Waals surface area contributed by atoms with Crippen LogP contribution in [0.15, 0.2) is 42.5 Å². The van der Waals surface area contributed by atoms with Gasteiger partial charge in [0.2, 0.25) is 0 Å². The Hall–Kier alpha value is -1.94. The topological polar surface area (TPSA) is 29.3 Å². The van der Waals surface area contributed by atoms with Gasteiger partial charge < -0.3 is 10.6 Å². The Bertz CT molecular complexity index is 597. The number of hydrogen-bond acceptors (Lipinski definition) is 2. The van der Waals surface area contributed by atoms with Crippen LogP contribution in [0.1, 0.15) is 24.1 Å². The van der Waals surface area contributed by atoms with Gasteiger partial charge in [0.15, 0.2) is 0 Å². The first-order valence-electron chi connectivity index (χ1n) is 6.49. The summed E-state index contributed by atoms with van der Waals surface area (Å²) in [7, 11) is 1.80. The number of rotatable bonds is 4.